The van der Waals surface area contributed by atoms with Gasteiger partial charge in [-0.2, -0.15) is 0 Å². The number of amides is 1. The topological polar surface area (TPSA) is 42.0 Å². The van der Waals surface area contributed by atoms with Crippen molar-refractivity contribution in [3.63, 3.8) is 0 Å². The van der Waals surface area contributed by atoms with E-state index in [1.165, 1.54) is 4.88 Å². The summed E-state index contributed by atoms with van der Waals surface area (Å²) in [5.74, 6) is 0.291. The first-order valence-corrected chi connectivity index (χ1v) is 6.18. The molecule has 84 valence electrons. The zero-order valence-corrected chi connectivity index (χ0v) is 10.4. The normalized spacial score (nSPS) is 10.7. The molecule has 1 amide bonds. The molecule has 1 rings (SSSR count). The highest BCUT2D eigenvalue weighted by Crippen LogP contribution is 2.12. The van der Waals surface area contributed by atoms with Crippen LogP contribution in [0.15, 0.2) is 6.20 Å². The summed E-state index contributed by atoms with van der Waals surface area (Å²) in [4.78, 5) is 17.0. The van der Waals surface area contributed by atoms with E-state index >= 15 is 0 Å². The molecule has 0 saturated heterocycles. The van der Waals surface area contributed by atoms with Crippen LogP contribution in [0.1, 0.15) is 36.6 Å². The lowest BCUT2D eigenvalue weighted by atomic mass is 10.0. The van der Waals surface area contributed by atoms with Crippen LogP contribution in [0, 0.1) is 12.8 Å². The Labute approximate surface area is 94.9 Å². The fraction of sp³-hybridized carbons (Fsp3) is 0.636. The second kappa shape index (κ2) is 5.85. The lowest BCUT2D eigenvalue weighted by Crippen LogP contribution is -2.29. The van der Waals surface area contributed by atoms with E-state index in [0.717, 1.165) is 17.8 Å². The van der Waals surface area contributed by atoms with Gasteiger partial charge < -0.3 is 5.32 Å². The minimum atomic E-state index is 0.144. The molecule has 1 aromatic rings. The fourth-order valence-electron chi connectivity index (χ4n) is 1.45. The Hall–Kier alpha value is -0.900. The van der Waals surface area contributed by atoms with Gasteiger partial charge in [0, 0.05) is 17.0 Å². The Morgan fingerprint density at radius 1 is 1.53 bits per heavy atom. The lowest BCUT2D eigenvalue weighted by molar-refractivity contribution is -0.125. The summed E-state index contributed by atoms with van der Waals surface area (Å²) in [6.45, 7) is 6.67. The third-order valence-electron chi connectivity index (χ3n) is 2.44. The van der Waals surface area contributed by atoms with Gasteiger partial charge in [0.2, 0.25) is 5.91 Å². The maximum absolute atomic E-state index is 11.7. The van der Waals surface area contributed by atoms with Crippen molar-refractivity contribution >= 4 is 17.2 Å². The van der Waals surface area contributed by atoms with Gasteiger partial charge in [0.1, 0.15) is 5.01 Å². The number of nitrogens with one attached hydrogen (secondary N) is 1. The van der Waals surface area contributed by atoms with Gasteiger partial charge in [0.05, 0.1) is 6.54 Å². The summed E-state index contributed by atoms with van der Waals surface area (Å²) in [7, 11) is 0. The molecule has 0 atom stereocenters. The molecule has 0 aliphatic rings. The fourth-order valence-corrected chi connectivity index (χ4v) is 2.18. The molecule has 15 heavy (non-hydrogen) atoms. The van der Waals surface area contributed by atoms with Crippen molar-refractivity contribution in [3.8, 4) is 0 Å². The number of hydrogen-bond donors (Lipinski definition) is 1. The maximum atomic E-state index is 11.7. The molecule has 4 heteroatoms. The van der Waals surface area contributed by atoms with E-state index in [1.807, 2.05) is 27.0 Å². The van der Waals surface area contributed by atoms with E-state index in [2.05, 4.69) is 10.3 Å². The SMILES string of the molecule is CCC(CC)C(=O)NCc1ncc(C)s1. The maximum Gasteiger partial charge on any atom is 0.223 e. The van der Waals surface area contributed by atoms with E-state index in [0.29, 0.717) is 6.54 Å². The Kier molecular flexibility index (Phi) is 4.75. The largest absolute Gasteiger partial charge is 0.349 e. The van der Waals surface area contributed by atoms with Crippen LogP contribution >= 0.6 is 11.3 Å². The monoisotopic (exact) mass is 226 g/mol. The zero-order valence-electron chi connectivity index (χ0n) is 9.54. The first-order valence-electron chi connectivity index (χ1n) is 5.36. The highest BCUT2D eigenvalue weighted by Gasteiger charge is 2.13. The molecule has 3 nitrogen and oxygen atoms in total. The molecule has 0 unspecified atom stereocenters. The predicted molar refractivity (Wildman–Crippen MR) is 62.8 cm³/mol. The average Bonchev–Trinajstić information content (AvgIpc) is 2.63. The number of carbonyl (C=O) groups is 1. The first-order chi connectivity index (χ1) is 7.17. The third kappa shape index (κ3) is 3.63. The number of aryl methyl sites for hydroxylation is 1. The molecule has 0 aliphatic carbocycles. The van der Waals surface area contributed by atoms with Gasteiger partial charge in [-0.3, -0.25) is 4.79 Å². The van der Waals surface area contributed by atoms with Crippen LogP contribution < -0.4 is 5.32 Å². The van der Waals surface area contributed by atoms with Crippen molar-refractivity contribution in [1.29, 1.82) is 0 Å². The van der Waals surface area contributed by atoms with Gasteiger partial charge in [-0.1, -0.05) is 13.8 Å². The molecule has 1 aromatic heterocycles. The Morgan fingerprint density at radius 3 is 2.67 bits per heavy atom. The molecule has 1 heterocycles. The van der Waals surface area contributed by atoms with Gasteiger partial charge >= 0.3 is 0 Å². The van der Waals surface area contributed by atoms with Crippen LogP contribution in [0.5, 0.6) is 0 Å². The quantitative estimate of drug-likeness (QED) is 0.838. The second-order valence-electron chi connectivity index (χ2n) is 3.60. The number of thiazole rings is 1. The molecule has 0 aromatic carbocycles. The van der Waals surface area contributed by atoms with Gasteiger partial charge in [-0.15, -0.1) is 11.3 Å². The molecule has 0 radical (unpaired) electrons. The van der Waals surface area contributed by atoms with Crippen LogP contribution in [0.25, 0.3) is 0 Å². The first kappa shape index (κ1) is 12.2. The van der Waals surface area contributed by atoms with Crippen LogP contribution in [-0.2, 0) is 11.3 Å². The predicted octanol–water partition coefficient (Wildman–Crippen LogP) is 2.50. The van der Waals surface area contributed by atoms with Crippen LogP contribution in [0.3, 0.4) is 0 Å². The van der Waals surface area contributed by atoms with Gasteiger partial charge in [-0.05, 0) is 19.8 Å². The van der Waals surface area contributed by atoms with Crippen molar-refractivity contribution in [2.24, 2.45) is 5.92 Å². The highest BCUT2D eigenvalue weighted by molar-refractivity contribution is 7.11. The zero-order chi connectivity index (χ0) is 11.3. The van der Waals surface area contributed by atoms with Crippen molar-refractivity contribution in [1.82, 2.24) is 10.3 Å². The molecular formula is C11H18N2OS. The van der Waals surface area contributed by atoms with Crippen LogP contribution in [0.2, 0.25) is 0 Å². The minimum Gasteiger partial charge on any atom is -0.349 e. The van der Waals surface area contributed by atoms with E-state index in [1.54, 1.807) is 11.3 Å². The summed E-state index contributed by atoms with van der Waals surface area (Å²) >= 11 is 1.63. The van der Waals surface area contributed by atoms with E-state index < -0.39 is 0 Å². The summed E-state index contributed by atoms with van der Waals surface area (Å²) in [5, 5.41) is 3.90. The number of rotatable bonds is 5. The molecule has 0 spiro atoms. The van der Waals surface area contributed by atoms with E-state index in [-0.39, 0.29) is 11.8 Å². The minimum absolute atomic E-state index is 0.144. The lowest BCUT2D eigenvalue weighted by Gasteiger charge is -2.11. The Bertz CT molecular complexity index is 318. The van der Waals surface area contributed by atoms with Gasteiger partial charge in [-0.25, -0.2) is 4.98 Å². The van der Waals surface area contributed by atoms with E-state index in [9.17, 15) is 4.79 Å². The standard InChI is InChI=1S/C11H18N2OS/c1-4-9(5-2)11(14)13-7-10-12-6-8(3)15-10/h6,9H,4-5,7H2,1-3H3,(H,13,14). The van der Waals surface area contributed by atoms with Crippen molar-refractivity contribution < 1.29 is 4.79 Å². The summed E-state index contributed by atoms with van der Waals surface area (Å²) in [6, 6.07) is 0. The molecular weight excluding hydrogens is 208 g/mol. The summed E-state index contributed by atoms with van der Waals surface area (Å²) < 4.78 is 0. The number of nitrogens with zero attached hydrogens (tertiary/aromatic N) is 1. The van der Waals surface area contributed by atoms with Crippen molar-refractivity contribution in [3.05, 3.63) is 16.1 Å². The average molecular weight is 226 g/mol. The molecule has 0 aliphatic heterocycles. The van der Waals surface area contributed by atoms with Gasteiger partial charge in [0.15, 0.2) is 0 Å². The summed E-state index contributed by atoms with van der Waals surface area (Å²) in [5.41, 5.74) is 0. The van der Waals surface area contributed by atoms with Crippen LogP contribution in [-0.4, -0.2) is 10.9 Å². The van der Waals surface area contributed by atoms with Crippen molar-refractivity contribution in [2.75, 3.05) is 0 Å². The second-order valence-corrected chi connectivity index (χ2v) is 4.92. The smallest absolute Gasteiger partial charge is 0.223 e. The number of carbonyl (C=O) groups excluding carboxylic acids is 1. The summed E-state index contributed by atoms with van der Waals surface area (Å²) in [6.07, 6.45) is 3.64. The number of aromatic nitrogens is 1. The van der Waals surface area contributed by atoms with Crippen LogP contribution in [0.4, 0.5) is 0 Å². The molecule has 0 fully saturated rings. The highest BCUT2D eigenvalue weighted by atomic mass is 32.1. The molecule has 1 N–H and O–H groups in total. The van der Waals surface area contributed by atoms with Crippen molar-refractivity contribution in [2.45, 2.75) is 40.2 Å². The number of hydrogen-bond acceptors (Lipinski definition) is 3. The third-order valence-corrected chi connectivity index (χ3v) is 3.35. The molecule has 0 bridgehead atoms. The Morgan fingerprint density at radius 2 is 2.20 bits per heavy atom. The van der Waals surface area contributed by atoms with Gasteiger partial charge in [0.25, 0.3) is 0 Å². The Balaban J connectivity index is 2.40. The van der Waals surface area contributed by atoms with E-state index in [4.69, 9.17) is 0 Å². The molecule has 0 saturated carbocycles.